The molecule has 6 nitrogen and oxygen atoms in total. The van der Waals surface area contributed by atoms with E-state index in [1.807, 2.05) is 0 Å². The average molecular weight is 841 g/mol. The van der Waals surface area contributed by atoms with Gasteiger partial charge in [0.1, 0.15) is 13.2 Å². The minimum Gasteiger partial charge on any atom is -0.462 e. The number of esters is 3. The number of allylic oxidation sites excluding steroid dienone is 8. The Morgan fingerprint density at radius 2 is 0.650 bits per heavy atom. The summed E-state index contributed by atoms with van der Waals surface area (Å²) in [5, 5.41) is 0. The molecule has 1 unspecified atom stereocenters. The summed E-state index contributed by atoms with van der Waals surface area (Å²) in [4.78, 5) is 37.6. The van der Waals surface area contributed by atoms with Crippen molar-refractivity contribution in [1.29, 1.82) is 0 Å². The molecule has 0 heterocycles. The van der Waals surface area contributed by atoms with Crippen LogP contribution in [-0.4, -0.2) is 37.2 Å². The fourth-order valence-corrected chi connectivity index (χ4v) is 7.26. The van der Waals surface area contributed by atoms with Gasteiger partial charge in [-0.3, -0.25) is 14.4 Å². The molecular formula is C54H96O6. The van der Waals surface area contributed by atoms with Crippen LogP contribution in [0.25, 0.3) is 0 Å². The summed E-state index contributed by atoms with van der Waals surface area (Å²) in [6.45, 7) is 6.47. The first-order chi connectivity index (χ1) is 29.5. The molecule has 0 N–H and O–H groups in total. The van der Waals surface area contributed by atoms with Crippen LogP contribution in [0.15, 0.2) is 48.6 Å². The van der Waals surface area contributed by atoms with E-state index in [1.165, 1.54) is 135 Å². The Balaban J connectivity index is 4.07. The monoisotopic (exact) mass is 841 g/mol. The van der Waals surface area contributed by atoms with Gasteiger partial charge in [-0.25, -0.2) is 0 Å². The Morgan fingerprint density at radius 3 is 1.02 bits per heavy atom. The van der Waals surface area contributed by atoms with Gasteiger partial charge in [0.05, 0.1) is 0 Å². The van der Waals surface area contributed by atoms with Crippen molar-refractivity contribution >= 4 is 17.9 Å². The molecule has 6 heteroatoms. The first-order valence-electron chi connectivity index (χ1n) is 25.6. The molecule has 0 saturated carbocycles. The maximum Gasteiger partial charge on any atom is 0.306 e. The van der Waals surface area contributed by atoms with Crippen LogP contribution in [0.3, 0.4) is 0 Å². The Morgan fingerprint density at radius 1 is 0.350 bits per heavy atom. The van der Waals surface area contributed by atoms with Gasteiger partial charge in [-0.2, -0.15) is 0 Å². The summed E-state index contributed by atoms with van der Waals surface area (Å²) in [6.07, 6.45) is 58.4. The number of ether oxygens (including phenoxy) is 3. The third-order valence-corrected chi connectivity index (χ3v) is 11.1. The summed E-state index contributed by atoms with van der Waals surface area (Å²) in [6, 6.07) is 0. The molecule has 60 heavy (non-hydrogen) atoms. The molecule has 0 aromatic carbocycles. The third-order valence-electron chi connectivity index (χ3n) is 11.1. The normalized spacial score (nSPS) is 12.4. The highest BCUT2D eigenvalue weighted by Crippen LogP contribution is 2.15. The molecule has 0 fully saturated rings. The fourth-order valence-electron chi connectivity index (χ4n) is 7.26. The Bertz CT molecular complexity index is 1060. The lowest BCUT2D eigenvalue weighted by molar-refractivity contribution is -0.167. The number of unbranched alkanes of at least 4 members (excludes halogenated alkanes) is 27. The van der Waals surface area contributed by atoms with Crippen LogP contribution in [0.4, 0.5) is 0 Å². The molecule has 1 atom stereocenters. The smallest absolute Gasteiger partial charge is 0.306 e. The quantitative estimate of drug-likeness (QED) is 0.0263. The van der Waals surface area contributed by atoms with Gasteiger partial charge in [0.2, 0.25) is 0 Å². The summed E-state index contributed by atoms with van der Waals surface area (Å²) in [7, 11) is 0. The van der Waals surface area contributed by atoms with E-state index >= 15 is 0 Å². The zero-order chi connectivity index (χ0) is 43.7. The average Bonchev–Trinajstić information content (AvgIpc) is 3.24. The number of carbonyl (C=O) groups is 3. The topological polar surface area (TPSA) is 78.9 Å². The standard InChI is InChI=1S/C54H96O6/c1-4-7-10-13-16-18-20-21-22-23-24-25-26-27-28-29-30-31-32-33-35-36-38-41-44-47-53(56)59-50-51(49-58-52(55)46-43-40-15-12-9-6-3)60-54(57)48-45-42-39-37-34-19-17-14-11-8-5-2/h7,10,16,18,21-22,24-25,51H,4-6,8-9,11-15,17,19-20,23,26-50H2,1-3H3/b10-7-,18-16-,22-21-,25-24-. The number of rotatable bonds is 46. The first kappa shape index (κ1) is 57.4. The third kappa shape index (κ3) is 46.4. The minimum absolute atomic E-state index is 0.0708. The van der Waals surface area contributed by atoms with Crippen LogP contribution in [0.1, 0.15) is 258 Å². The highest BCUT2D eigenvalue weighted by molar-refractivity contribution is 5.71. The van der Waals surface area contributed by atoms with Crippen LogP contribution in [0.2, 0.25) is 0 Å². The molecule has 0 aliphatic carbocycles. The van der Waals surface area contributed by atoms with E-state index in [0.717, 1.165) is 83.5 Å². The van der Waals surface area contributed by atoms with Crippen LogP contribution in [0, 0.1) is 0 Å². The first-order valence-corrected chi connectivity index (χ1v) is 25.6. The molecule has 348 valence electrons. The van der Waals surface area contributed by atoms with E-state index in [-0.39, 0.29) is 31.1 Å². The molecular weight excluding hydrogens is 745 g/mol. The summed E-state index contributed by atoms with van der Waals surface area (Å²) < 4.78 is 16.7. The van der Waals surface area contributed by atoms with Gasteiger partial charge in [-0.1, -0.05) is 230 Å². The number of carbonyl (C=O) groups excluding carboxylic acids is 3. The highest BCUT2D eigenvalue weighted by Gasteiger charge is 2.19. The molecule has 0 radical (unpaired) electrons. The Kier molecular flexibility index (Phi) is 46.9. The van der Waals surface area contributed by atoms with Gasteiger partial charge in [-0.05, 0) is 57.8 Å². The molecule has 0 aromatic heterocycles. The predicted octanol–water partition coefficient (Wildman–Crippen LogP) is 16.7. The lowest BCUT2D eigenvalue weighted by Gasteiger charge is -2.18. The minimum atomic E-state index is -0.765. The van der Waals surface area contributed by atoms with E-state index in [9.17, 15) is 14.4 Å². The van der Waals surface area contributed by atoms with Gasteiger partial charge in [0.15, 0.2) is 6.10 Å². The largest absolute Gasteiger partial charge is 0.462 e. The number of hydrogen-bond donors (Lipinski definition) is 0. The van der Waals surface area contributed by atoms with E-state index < -0.39 is 6.10 Å². The summed E-state index contributed by atoms with van der Waals surface area (Å²) in [5.41, 5.74) is 0. The second kappa shape index (κ2) is 49.0. The van der Waals surface area contributed by atoms with E-state index in [2.05, 4.69) is 69.4 Å². The van der Waals surface area contributed by atoms with Crippen molar-refractivity contribution in [3.63, 3.8) is 0 Å². The van der Waals surface area contributed by atoms with Gasteiger partial charge >= 0.3 is 17.9 Å². The SMILES string of the molecule is CC/C=C\C/C=C\C/C=C\C/C=C\CCCCCCCCCCCCCCC(=O)OCC(COC(=O)CCCCCCCC)OC(=O)CCCCCCCCCCCCC. The van der Waals surface area contributed by atoms with Crippen molar-refractivity contribution in [3.8, 4) is 0 Å². The molecule has 0 aliphatic rings. The van der Waals surface area contributed by atoms with Gasteiger partial charge in [0.25, 0.3) is 0 Å². The van der Waals surface area contributed by atoms with Crippen molar-refractivity contribution in [2.45, 2.75) is 264 Å². The number of hydrogen-bond acceptors (Lipinski definition) is 6. The lowest BCUT2D eigenvalue weighted by atomic mass is 10.0. The zero-order valence-electron chi connectivity index (χ0n) is 39.7. The molecule has 0 bridgehead atoms. The van der Waals surface area contributed by atoms with Crippen molar-refractivity contribution in [2.75, 3.05) is 13.2 Å². The van der Waals surface area contributed by atoms with Gasteiger partial charge in [0, 0.05) is 19.3 Å². The second-order valence-corrected chi connectivity index (χ2v) is 17.1. The van der Waals surface area contributed by atoms with E-state index in [0.29, 0.717) is 19.3 Å². The fraction of sp³-hybridized carbons (Fsp3) is 0.796. The Labute approximate surface area is 371 Å². The lowest BCUT2D eigenvalue weighted by Crippen LogP contribution is -2.30. The van der Waals surface area contributed by atoms with E-state index in [4.69, 9.17) is 14.2 Å². The van der Waals surface area contributed by atoms with Crippen molar-refractivity contribution in [2.24, 2.45) is 0 Å². The van der Waals surface area contributed by atoms with Crippen LogP contribution >= 0.6 is 0 Å². The summed E-state index contributed by atoms with van der Waals surface area (Å²) in [5.74, 6) is -0.877. The molecule has 0 amide bonds. The predicted molar refractivity (Wildman–Crippen MR) is 256 cm³/mol. The molecule has 0 spiro atoms. The maximum atomic E-state index is 12.7. The van der Waals surface area contributed by atoms with Crippen LogP contribution < -0.4 is 0 Å². The summed E-state index contributed by atoms with van der Waals surface area (Å²) >= 11 is 0. The molecule has 0 saturated heterocycles. The van der Waals surface area contributed by atoms with Crippen molar-refractivity contribution in [1.82, 2.24) is 0 Å². The zero-order valence-corrected chi connectivity index (χ0v) is 39.7. The maximum absolute atomic E-state index is 12.7. The van der Waals surface area contributed by atoms with E-state index in [1.54, 1.807) is 0 Å². The van der Waals surface area contributed by atoms with Crippen molar-refractivity contribution in [3.05, 3.63) is 48.6 Å². The van der Waals surface area contributed by atoms with Crippen LogP contribution in [-0.2, 0) is 28.6 Å². The Hall–Kier alpha value is -2.63. The van der Waals surface area contributed by atoms with Crippen molar-refractivity contribution < 1.29 is 28.6 Å². The van der Waals surface area contributed by atoms with Gasteiger partial charge < -0.3 is 14.2 Å². The second-order valence-electron chi connectivity index (χ2n) is 17.1. The molecule has 0 aliphatic heterocycles. The molecule has 0 rings (SSSR count). The molecule has 0 aromatic rings. The van der Waals surface area contributed by atoms with Crippen LogP contribution in [0.5, 0.6) is 0 Å². The highest BCUT2D eigenvalue weighted by atomic mass is 16.6. The van der Waals surface area contributed by atoms with Gasteiger partial charge in [-0.15, -0.1) is 0 Å².